The van der Waals surface area contributed by atoms with Crippen LogP contribution in [0.1, 0.15) is 27.2 Å². The number of thiophene rings is 1. The highest BCUT2D eigenvalue weighted by Gasteiger charge is 2.41. The van der Waals surface area contributed by atoms with Gasteiger partial charge < -0.3 is 24.8 Å². The molecule has 1 heterocycles. The molecule has 0 aliphatic heterocycles. The Labute approximate surface area is 209 Å². The number of alkyl halides is 7. The summed E-state index contributed by atoms with van der Waals surface area (Å²) in [7, 11) is 1.23. The third kappa shape index (κ3) is 7.12. The molecule has 0 radical (unpaired) electrons. The van der Waals surface area contributed by atoms with Crippen molar-refractivity contribution in [1.29, 1.82) is 0 Å². The van der Waals surface area contributed by atoms with Gasteiger partial charge in [-0.25, -0.2) is 13.6 Å². The predicted octanol–water partition coefficient (Wildman–Crippen LogP) is 6.05. The fourth-order valence-corrected chi connectivity index (χ4v) is 4.86. The Morgan fingerprint density at radius 3 is 2.28 bits per heavy atom. The van der Waals surface area contributed by atoms with Crippen LogP contribution in [0.15, 0.2) is 18.2 Å². The first-order valence-corrected chi connectivity index (χ1v) is 11.5. The zero-order valence-corrected chi connectivity index (χ0v) is 20.1. The lowest BCUT2D eigenvalue weighted by molar-refractivity contribution is -0.153. The van der Waals surface area contributed by atoms with Crippen molar-refractivity contribution in [3.63, 3.8) is 0 Å². The van der Waals surface area contributed by atoms with Crippen molar-refractivity contribution in [2.75, 3.05) is 31.0 Å². The van der Waals surface area contributed by atoms with E-state index in [-0.39, 0.29) is 10.8 Å². The van der Waals surface area contributed by atoms with Crippen molar-refractivity contribution in [3.8, 4) is 11.5 Å². The van der Waals surface area contributed by atoms with Crippen LogP contribution in [0.2, 0.25) is 0 Å². The van der Waals surface area contributed by atoms with Crippen molar-refractivity contribution in [2.45, 2.75) is 37.8 Å². The van der Waals surface area contributed by atoms with Crippen LogP contribution in [0.25, 0.3) is 0 Å². The number of halogens is 7. The SMILES string of the molecule is COC(=O)c1c(NC(=S)Nc2cc(OCC(F)(F)F)cc(OCC(F)(F)C(F)F)c2)sc2c1CCC2. The van der Waals surface area contributed by atoms with Gasteiger partial charge in [0.1, 0.15) is 16.5 Å². The van der Waals surface area contributed by atoms with Crippen LogP contribution >= 0.6 is 23.6 Å². The fraction of sp³-hybridized carbons (Fsp3) is 0.429. The molecule has 198 valence electrons. The maximum absolute atomic E-state index is 13.3. The molecule has 0 saturated carbocycles. The fourth-order valence-electron chi connectivity index (χ4n) is 3.29. The van der Waals surface area contributed by atoms with E-state index in [9.17, 15) is 35.5 Å². The van der Waals surface area contributed by atoms with Gasteiger partial charge in [-0.2, -0.15) is 22.0 Å². The van der Waals surface area contributed by atoms with Crippen molar-refractivity contribution < 1.29 is 49.7 Å². The number of nitrogens with one attached hydrogen (secondary N) is 2. The Bertz CT molecular complexity index is 1120. The van der Waals surface area contributed by atoms with Gasteiger partial charge in [0.2, 0.25) is 0 Å². The number of methoxy groups -OCH3 is 1. The number of anilines is 2. The third-order valence-electron chi connectivity index (χ3n) is 4.83. The molecule has 0 saturated heterocycles. The molecule has 15 heteroatoms. The molecule has 0 amide bonds. The maximum Gasteiger partial charge on any atom is 0.422 e. The number of carbonyl (C=O) groups excluding carboxylic acids is 1. The normalized spacial score (nSPS) is 13.4. The number of rotatable bonds is 9. The van der Waals surface area contributed by atoms with Gasteiger partial charge in [0.25, 0.3) is 0 Å². The molecule has 0 spiro atoms. The summed E-state index contributed by atoms with van der Waals surface area (Å²) in [6.07, 6.45) is -6.37. The molecule has 1 aromatic heterocycles. The molecule has 0 bridgehead atoms. The summed E-state index contributed by atoms with van der Waals surface area (Å²) in [6.45, 7) is -3.42. The van der Waals surface area contributed by atoms with Crippen LogP contribution in [-0.4, -0.2) is 49.9 Å². The quantitative estimate of drug-likeness (QED) is 0.220. The summed E-state index contributed by atoms with van der Waals surface area (Å²) >= 11 is 6.52. The highest BCUT2D eigenvalue weighted by molar-refractivity contribution is 7.80. The van der Waals surface area contributed by atoms with Crippen LogP contribution in [0, 0.1) is 0 Å². The van der Waals surface area contributed by atoms with Gasteiger partial charge in [-0.3, -0.25) is 0 Å². The average Bonchev–Trinajstić information content (AvgIpc) is 3.36. The number of hydrogen-bond acceptors (Lipinski definition) is 6. The summed E-state index contributed by atoms with van der Waals surface area (Å²) < 4.78 is 103. The number of thiocarbonyl (C=S) groups is 1. The molecule has 0 atom stereocenters. The first-order chi connectivity index (χ1) is 16.8. The smallest absolute Gasteiger partial charge is 0.422 e. The zero-order chi connectivity index (χ0) is 26.7. The van der Waals surface area contributed by atoms with E-state index < -0.39 is 49.2 Å². The second kappa shape index (κ2) is 11.1. The lowest BCUT2D eigenvalue weighted by atomic mass is 10.1. The summed E-state index contributed by atoms with van der Waals surface area (Å²) in [4.78, 5) is 13.3. The first-order valence-electron chi connectivity index (χ1n) is 10.2. The standard InChI is InChI=1S/C21H19F7N2O4S2/c1-32-17(31)15-13-3-2-4-14(13)36-16(15)30-19(35)29-10-5-11(33-8-20(24,25)18(22)23)7-12(6-10)34-9-21(26,27)28/h5-7,18H,2-4,8-9H2,1H3,(H2,29,30,35). The summed E-state index contributed by atoms with van der Waals surface area (Å²) in [5.41, 5.74) is 1.11. The van der Waals surface area contributed by atoms with E-state index in [2.05, 4.69) is 15.4 Å². The minimum atomic E-state index is -4.70. The minimum absolute atomic E-state index is 0.0498. The second-order valence-electron chi connectivity index (χ2n) is 7.58. The van der Waals surface area contributed by atoms with Crippen LogP contribution in [-0.2, 0) is 17.6 Å². The van der Waals surface area contributed by atoms with Gasteiger partial charge in [-0.05, 0) is 37.0 Å². The molecule has 1 aliphatic carbocycles. The number of esters is 1. The molecule has 36 heavy (non-hydrogen) atoms. The molecule has 2 N–H and O–H groups in total. The Hall–Kier alpha value is -2.81. The predicted molar refractivity (Wildman–Crippen MR) is 122 cm³/mol. The summed E-state index contributed by atoms with van der Waals surface area (Å²) in [5, 5.41) is 5.75. The third-order valence-corrected chi connectivity index (χ3v) is 6.24. The number of carbonyl (C=O) groups is 1. The largest absolute Gasteiger partial charge is 0.487 e. The molecular weight excluding hydrogens is 541 g/mol. The first kappa shape index (κ1) is 27.8. The highest BCUT2D eigenvalue weighted by atomic mass is 32.1. The molecule has 3 rings (SSSR count). The lowest BCUT2D eigenvalue weighted by Gasteiger charge is -2.18. The van der Waals surface area contributed by atoms with E-state index in [1.165, 1.54) is 18.4 Å². The van der Waals surface area contributed by atoms with Crippen molar-refractivity contribution in [1.82, 2.24) is 0 Å². The lowest BCUT2D eigenvalue weighted by Crippen LogP contribution is -2.33. The van der Waals surface area contributed by atoms with Crippen LogP contribution in [0.3, 0.4) is 0 Å². The number of hydrogen-bond donors (Lipinski definition) is 2. The molecule has 0 fully saturated rings. The molecule has 6 nitrogen and oxygen atoms in total. The van der Waals surface area contributed by atoms with Gasteiger partial charge in [0, 0.05) is 28.8 Å². The number of aryl methyl sites for hydroxylation is 1. The van der Waals surface area contributed by atoms with Crippen molar-refractivity contribution in [3.05, 3.63) is 34.2 Å². The Morgan fingerprint density at radius 1 is 1.06 bits per heavy atom. The van der Waals surface area contributed by atoms with Gasteiger partial charge in [-0.1, -0.05) is 0 Å². The second-order valence-corrected chi connectivity index (χ2v) is 9.09. The van der Waals surface area contributed by atoms with Gasteiger partial charge in [0.05, 0.1) is 12.7 Å². The van der Waals surface area contributed by atoms with Crippen molar-refractivity contribution in [2.24, 2.45) is 0 Å². The van der Waals surface area contributed by atoms with Gasteiger partial charge in [0.15, 0.2) is 18.3 Å². The van der Waals surface area contributed by atoms with Crippen LogP contribution in [0.5, 0.6) is 11.5 Å². The van der Waals surface area contributed by atoms with E-state index in [4.69, 9.17) is 21.7 Å². The zero-order valence-electron chi connectivity index (χ0n) is 18.4. The molecule has 0 unspecified atom stereocenters. The topological polar surface area (TPSA) is 68.8 Å². The monoisotopic (exact) mass is 560 g/mol. The van der Waals surface area contributed by atoms with E-state index in [0.29, 0.717) is 17.0 Å². The maximum atomic E-state index is 13.3. The van der Waals surface area contributed by atoms with Crippen molar-refractivity contribution >= 4 is 45.3 Å². The van der Waals surface area contributed by atoms with Gasteiger partial charge >= 0.3 is 24.5 Å². The van der Waals surface area contributed by atoms with E-state index in [0.717, 1.165) is 41.5 Å². The number of benzene rings is 1. The average molecular weight is 561 g/mol. The van der Waals surface area contributed by atoms with E-state index in [1.807, 2.05) is 0 Å². The van der Waals surface area contributed by atoms with Crippen LogP contribution in [0.4, 0.5) is 41.4 Å². The Kier molecular flexibility index (Phi) is 8.54. The van der Waals surface area contributed by atoms with Crippen LogP contribution < -0.4 is 20.1 Å². The Balaban J connectivity index is 1.80. The number of ether oxygens (including phenoxy) is 3. The minimum Gasteiger partial charge on any atom is -0.487 e. The number of fused-ring (bicyclic) bond motifs is 1. The van der Waals surface area contributed by atoms with E-state index in [1.54, 1.807) is 0 Å². The van der Waals surface area contributed by atoms with Gasteiger partial charge in [-0.15, -0.1) is 11.3 Å². The molecular formula is C21H19F7N2O4S2. The molecule has 1 aliphatic rings. The Morgan fingerprint density at radius 2 is 1.69 bits per heavy atom. The van der Waals surface area contributed by atoms with E-state index >= 15 is 0 Å². The summed E-state index contributed by atoms with van der Waals surface area (Å²) in [5.74, 6) is -5.97. The highest BCUT2D eigenvalue weighted by Crippen LogP contribution is 2.39. The molecule has 2 aromatic rings. The summed E-state index contributed by atoms with van der Waals surface area (Å²) in [6, 6.07) is 2.98. The molecule has 1 aromatic carbocycles.